The van der Waals surface area contributed by atoms with Crippen molar-refractivity contribution in [3.8, 4) is 0 Å². The minimum Gasteiger partial charge on any atom is -0.327 e. The molecule has 3 unspecified atom stereocenters. The standard InChI is InChI=1S/C14H21NS/c1-3-13(15)10(2)8-11-9-16-14-7-5-4-6-12(11)14/h4-7,10-11,13H,3,8-9,15H2,1-2H3. The smallest absolute Gasteiger partial charge is 0.0107 e. The van der Waals surface area contributed by atoms with Crippen LogP contribution in [0.4, 0.5) is 0 Å². The molecule has 2 N–H and O–H groups in total. The number of benzene rings is 1. The summed E-state index contributed by atoms with van der Waals surface area (Å²) in [5.41, 5.74) is 7.65. The van der Waals surface area contributed by atoms with Crippen molar-refractivity contribution in [2.24, 2.45) is 11.7 Å². The molecule has 0 radical (unpaired) electrons. The Hall–Kier alpha value is -0.470. The average molecular weight is 235 g/mol. The van der Waals surface area contributed by atoms with Gasteiger partial charge in [-0.3, -0.25) is 0 Å². The highest BCUT2D eigenvalue weighted by molar-refractivity contribution is 7.99. The van der Waals surface area contributed by atoms with Crippen molar-refractivity contribution in [2.45, 2.75) is 43.5 Å². The zero-order valence-corrected chi connectivity index (χ0v) is 11.0. The minimum absolute atomic E-state index is 0.359. The highest BCUT2D eigenvalue weighted by atomic mass is 32.2. The van der Waals surface area contributed by atoms with Gasteiger partial charge in [0.25, 0.3) is 0 Å². The van der Waals surface area contributed by atoms with E-state index in [1.807, 2.05) is 11.8 Å². The van der Waals surface area contributed by atoms with Crippen LogP contribution >= 0.6 is 11.8 Å². The van der Waals surface area contributed by atoms with Gasteiger partial charge in [-0.1, -0.05) is 32.0 Å². The van der Waals surface area contributed by atoms with Gasteiger partial charge in [-0.15, -0.1) is 11.8 Å². The van der Waals surface area contributed by atoms with Crippen LogP contribution in [0.2, 0.25) is 0 Å². The van der Waals surface area contributed by atoms with Crippen molar-refractivity contribution in [3.63, 3.8) is 0 Å². The van der Waals surface area contributed by atoms with Gasteiger partial charge in [0.1, 0.15) is 0 Å². The lowest BCUT2D eigenvalue weighted by Gasteiger charge is -2.22. The van der Waals surface area contributed by atoms with Crippen LogP contribution < -0.4 is 5.73 Å². The zero-order valence-electron chi connectivity index (χ0n) is 10.1. The topological polar surface area (TPSA) is 26.0 Å². The van der Waals surface area contributed by atoms with Crippen LogP contribution in [0.1, 0.15) is 38.2 Å². The molecule has 1 aromatic rings. The summed E-state index contributed by atoms with van der Waals surface area (Å²) in [7, 11) is 0. The number of hydrogen-bond acceptors (Lipinski definition) is 2. The molecular formula is C14H21NS. The number of rotatable bonds is 4. The largest absolute Gasteiger partial charge is 0.327 e. The fourth-order valence-corrected chi connectivity index (χ4v) is 3.72. The monoisotopic (exact) mass is 235 g/mol. The van der Waals surface area contributed by atoms with Crippen molar-refractivity contribution < 1.29 is 0 Å². The van der Waals surface area contributed by atoms with Gasteiger partial charge >= 0.3 is 0 Å². The molecule has 1 heterocycles. The minimum atomic E-state index is 0.359. The molecule has 0 fully saturated rings. The Bertz CT molecular complexity index is 350. The first-order valence-corrected chi connectivity index (χ1v) is 7.18. The van der Waals surface area contributed by atoms with Gasteiger partial charge in [0.05, 0.1) is 0 Å². The van der Waals surface area contributed by atoms with Crippen molar-refractivity contribution in [1.29, 1.82) is 0 Å². The molecular weight excluding hydrogens is 214 g/mol. The SMILES string of the molecule is CCC(N)C(C)CC1CSc2ccccc21. The van der Waals surface area contributed by atoms with E-state index >= 15 is 0 Å². The molecule has 0 aromatic heterocycles. The van der Waals surface area contributed by atoms with Crippen molar-refractivity contribution in [3.05, 3.63) is 29.8 Å². The molecule has 2 heteroatoms. The third kappa shape index (κ3) is 2.44. The van der Waals surface area contributed by atoms with Crippen LogP contribution in [0, 0.1) is 5.92 Å². The fourth-order valence-electron chi connectivity index (χ4n) is 2.45. The summed E-state index contributed by atoms with van der Waals surface area (Å²) in [6.45, 7) is 4.47. The van der Waals surface area contributed by atoms with E-state index in [0.717, 1.165) is 6.42 Å². The molecule has 2 rings (SSSR count). The molecule has 0 aliphatic carbocycles. The second kappa shape index (κ2) is 5.24. The van der Waals surface area contributed by atoms with E-state index in [2.05, 4.69) is 38.1 Å². The maximum Gasteiger partial charge on any atom is 0.0107 e. The van der Waals surface area contributed by atoms with Gasteiger partial charge in [0.2, 0.25) is 0 Å². The summed E-state index contributed by atoms with van der Waals surface area (Å²) in [5, 5.41) is 0. The number of nitrogens with two attached hydrogens (primary N) is 1. The summed E-state index contributed by atoms with van der Waals surface area (Å²) in [5.74, 6) is 2.58. The van der Waals surface area contributed by atoms with E-state index in [4.69, 9.17) is 5.73 Å². The maximum atomic E-state index is 6.11. The molecule has 1 aliphatic rings. The Kier molecular flexibility index (Phi) is 3.93. The van der Waals surface area contributed by atoms with Crippen molar-refractivity contribution >= 4 is 11.8 Å². The zero-order chi connectivity index (χ0) is 11.5. The third-order valence-electron chi connectivity index (χ3n) is 3.66. The molecule has 88 valence electrons. The van der Waals surface area contributed by atoms with Crippen LogP contribution in [0.15, 0.2) is 29.2 Å². The van der Waals surface area contributed by atoms with Crippen molar-refractivity contribution in [1.82, 2.24) is 0 Å². The number of fused-ring (bicyclic) bond motifs is 1. The third-order valence-corrected chi connectivity index (χ3v) is 4.91. The van der Waals surface area contributed by atoms with Crippen LogP contribution in [0.25, 0.3) is 0 Å². The Morgan fingerprint density at radius 1 is 1.44 bits per heavy atom. The van der Waals surface area contributed by atoms with Gasteiger partial charge in [-0.25, -0.2) is 0 Å². The van der Waals surface area contributed by atoms with Crippen LogP contribution in [0.5, 0.6) is 0 Å². The van der Waals surface area contributed by atoms with Crippen LogP contribution in [0.3, 0.4) is 0 Å². The molecule has 0 bridgehead atoms. The molecule has 0 spiro atoms. The number of hydrogen-bond donors (Lipinski definition) is 1. The summed E-state index contributed by atoms with van der Waals surface area (Å²) < 4.78 is 0. The van der Waals surface area contributed by atoms with Gasteiger partial charge < -0.3 is 5.73 Å². The Morgan fingerprint density at radius 2 is 2.19 bits per heavy atom. The highest BCUT2D eigenvalue weighted by Crippen LogP contribution is 2.42. The predicted molar refractivity (Wildman–Crippen MR) is 72.0 cm³/mol. The van der Waals surface area contributed by atoms with E-state index < -0.39 is 0 Å². The summed E-state index contributed by atoms with van der Waals surface area (Å²) >= 11 is 2.00. The number of thioether (sulfide) groups is 1. The fraction of sp³-hybridized carbons (Fsp3) is 0.571. The van der Waals surface area contributed by atoms with E-state index in [1.54, 1.807) is 5.56 Å². The summed E-state index contributed by atoms with van der Waals surface area (Å²) in [6, 6.07) is 9.17. The molecule has 1 aliphatic heterocycles. The highest BCUT2D eigenvalue weighted by Gasteiger charge is 2.25. The molecule has 0 saturated heterocycles. The van der Waals surface area contributed by atoms with Gasteiger partial charge in [0, 0.05) is 16.7 Å². The van der Waals surface area contributed by atoms with Gasteiger partial charge in [0.15, 0.2) is 0 Å². The quantitative estimate of drug-likeness (QED) is 0.862. The first-order valence-electron chi connectivity index (χ1n) is 6.19. The lowest BCUT2D eigenvalue weighted by Crippen LogP contribution is -2.28. The Balaban J connectivity index is 2.03. The summed E-state index contributed by atoms with van der Waals surface area (Å²) in [6.07, 6.45) is 2.32. The van der Waals surface area contributed by atoms with E-state index in [-0.39, 0.29) is 0 Å². The molecule has 3 atom stereocenters. The Labute approximate surface area is 103 Å². The van der Waals surface area contributed by atoms with Crippen molar-refractivity contribution in [2.75, 3.05) is 5.75 Å². The van der Waals surface area contributed by atoms with E-state index in [9.17, 15) is 0 Å². The second-order valence-corrected chi connectivity index (χ2v) is 5.89. The first-order chi connectivity index (χ1) is 7.72. The normalized spacial score (nSPS) is 22.8. The lowest BCUT2D eigenvalue weighted by molar-refractivity contribution is 0.394. The summed E-state index contributed by atoms with van der Waals surface area (Å²) in [4.78, 5) is 1.48. The molecule has 1 aromatic carbocycles. The van der Waals surface area contributed by atoms with Gasteiger partial charge in [-0.05, 0) is 36.3 Å². The maximum absolute atomic E-state index is 6.11. The molecule has 16 heavy (non-hydrogen) atoms. The molecule has 1 nitrogen and oxygen atoms in total. The Morgan fingerprint density at radius 3 is 2.94 bits per heavy atom. The average Bonchev–Trinajstić information content (AvgIpc) is 2.72. The van der Waals surface area contributed by atoms with Crippen LogP contribution in [-0.2, 0) is 0 Å². The first kappa shape index (κ1) is 12.0. The molecule has 0 saturated carbocycles. The predicted octanol–water partition coefficient (Wildman–Crippen LogP) is 3.64. The van der Waals surface area contributed by atoms with E-state index in [0.29, 0.717) is 17.9 Å². The van der Waals surface area contributed by atoms with Crippen LogP contribution in [-0.4, -0.2) is 11.8 Å². The van der Waals surface area contributed by atoms with Gasteiger partial charge in [-0.2, -0.15) is 0 Å². The van der Waals surface area contributed by atoms with E-state index in [1.165, 1.54) is 17.1 Å². The second-order valence-electron chi connectivity index (χ2n) is 4.83. The lowest BCUT2D eigenvalue weighted by atomic mass is 9.87. The molecule has 0 amide bonds.